The number of hydrogen-bond donors (Lipinski definition) is 1. The molecule has 5 rings (SSSR count). The molecule has 5 nitrogen and oxygen atoms in total. The van der Waals surface area contributed by atoms with E-state index in [-0.39, 0.29) is 13.0 Å². The number of nitrogens with zero attached hydrogens (tertiary/aromatic N) is 2. The van der Waals surface area contributed by atoms with Crippen LogP contribution in [-0.2, 0) is 9.53 Å². The topological polar surface area (TPSA) is 62.1 Å². The van der Waals surface area contributed by atoms with Crippen molar-refractivity contribution in [3.8, 4) is 0 Å². The number of benzene rings is 4. The third kappa shape index (κ3) is 4.38. The average molecular weight is 523 g/mol. The SMILES string of the molecule is CCOC(=O)C(C1(O)CC(C)=NN1c1ccccc1)=P(c1ccccc1)(c1ccccc1)c1ccccc1. The second-order valence-corrected chi connectivity index (χ2v) is 12.6. The Balaban J connectivity index is 2.01. The van der Waals surface area contributed by atoms with Gasteiger partial charge in [0.15, 0.2) is 5.72 Å². The van der Waals surface area contributed by atoms with Gasteiger partial charge in [0.25, 0.3) is 0 Å². The molecule has 0 fully saturated rings. The number of para-hydroxylation sites is 1. The summed E-state index contributed by atoms with van der Waals surface area (Å²) in [6.07, 6.45) is 0.171. The molecule has 0 bridgehead atoms. The molecule has 0 spiro atoms. The Labute approximate surface area is 224 Å². The van der Waals surface area contributed by atoms with Gasteiger partial charge in [0, 0.05) is 12.1 Å². The van der Waals surface area contributed by atoms with Crippen LogP contribution in [0.4, 0.5) is 5.69 Å². The van der Waals surface area contributed by atoms with Crippen molar-refractivity contribution >= 4 is 45.5 Å². The molecule has 0 radical (unpaired) electrons. The molecular weight excluding hydrogens is 491 g/mol. The van der Waals surface area contributed by atoms with Gasteiger partial charge < -0.3 is 9.84 Å². The zero-order chi connectivity index (χ0) is 26.6. The molecule has 1 aliphatic rings. The summed E-state index contributed by atoms with van der Waals surface area (Å²) in [5.74, 6) is -0.522. The molecule has 1 atom stereocenters. The predicted molar refractivity (Wildman–Crippen MR) is 158 cm³/mol. The molecule has 0 aliphatic carbocycles. The van der Waals surface area contributed by atoms with Crippen molar-refractivity contribution in [2.45, 2.75) is 26.0 Å². The van der Waals surface area contributed by atoms with E-state index in [0.717, 1.165) is 21.6 Å². The molecular formula is C32H31N2O3P. The van der Waals surface area contributed by atoms with Gasteiger partial charge in [-0.3, -0.25) is 0 Å². The first-order valence-corrected chi connectivity index (χ1v) is 14.5. The molecule has 4 aromatic carbocycles. The summed E-state index contributed by atoms with van der Waals surface area (Å²) in [5, 5.41) is 22.4. The highest BCUT2D eigenvalue weighted by atomic mass is 31.2. The van der Waals surface area contributed by atoms with Crippen LogP contribution >= 0.6 is 6.89 Å². The lowest BCUT2D eigenvalue weighted by molar-refractivity contribution is -0.135. The first kappa shape index (κ1) is 25.7. The Kier molecular flexibility index (Phi) is 7.33. The minimum atomic E-state index is -2.97. The lowest BCUT2D eigenvalue weighted by atomic mass is 10.0. The van der Waals surface area contributed by atoms with Gasteiger partial charge in [-0.1, -0.05) is 109 Å². The molecule has 192 valence electrons. The quantitative estimate of drug-likeness (QED) is 0.283. The second-order valence-electron chi connectivity index (χ2n) is 9.22. The smallest absolute Gasteiger partial charge is 0.340 e. The van der Waals surface area contributed by atoms with E-state index in [1.807, 2.05) is 128 Å². The first-order chi connectivity index (χ1) is 18.5. The average Bonchev–Trinajstić information content (AvgIpc) is 3.27. The Morgan fingerprint density at radius 2 is 1.24 bits per heavy atom. The van der Waals surface area contributed by atoms with E-state index in [1.54, 1.807) is 11.9 Å². The van der Waals surface area contributed by atoms with Crippen LogP contribution < -0.4 is 20.9 Å². The normalized spacial score (nSPS) is 17.1. The number of rotatable bonds is 7. The Hall–Kier alpha value is -3.92. The van der Waals surface area contributed by atoms with Crippen LogP contribution in [0, 0.1) is 0 Å². The first-order valence-electron chi connectivity index (χ1n) is 12.7. The molecule has 1 aliphatic heterocycles. The van der Waals surface area contributed by atoms with E-state index in [2.05, 4.69) is 0 Å². The maximum absolute atomic E-state index is 14.3. The molecule has 1 heterocycles. The molecule has 38 heavy (non-hydrogen) atoms. The molecule has 0 saturated heterocycles. The fourth-order valence-corrected chi connectivity index (χ4v) is 9.88. The van der Waals surface area contributed by atoms with Crippen molar-refractivity contribution in [2.24, 2.45) is 5.10 Å². The van der Waals surface area contributed by atoms with Crippen molar-refractivity contribution in [1.82, 2.24) is 0 Å². The number of hydrogen-bond acceptors (Lipinski definition) is 5. The lowest BCUT2D eigenvalue weighted by Gasteiger charge is -2.40. The molecule has 6 heteroatoms. The minimum Gasteiger partial charge on any atom is -0.462 e. The van der Waals surface area contributed by atoms with Gasteiger partial charge in [0.2, 0.25) is 0 Å². The molecule has 0 saturated carbocycles. The van der Waals surface area contributed by atoms with E-state index in [4.69, 9.17) is 9.84 Å². The molecule has 1 unspecified atom stereocenters. The van der Waals surface area contributed by atoms with E-state index < -0.39 is 18.6 Å². The van der Waals surface area contributed by atoms with Gasteiger partial charge in [-0.2, -0.15) is 5.10 Å². The van der Waals surface area contributed by atoms with Crippen LogP contribution in [0.2, 0.25) is 0 Å². The summed E-state index contributed by atoms with van der Waals surface area (Å²) in [7, 11) is 0. The fraction of sp³-hybridized carbons (Fsp3) is 0.156. The highest BCUT2D eigenvalue weighted by Gasteiger charge is 2.52. The highest BCUT2D eigenvalue weighted by Crippen LogP contribution is 2.51. The molecule has 4 aromatic rings. The summed E-state index contributed by atoms with van der Waals surface area (Å²) in [4.78, 5) is 14.3. The number of carbonyl (C=O) groups is 1. The zero-order valence-corrected chi connectivity index (χ0v) is 22.5. The summed E-state index contributed by atoms with van der Waals surface area (Å²) in [6.45, 7) is 0.881. The lowest BCUT2D eigenvalue weighted by Crippen LogP contribution is -2.56. The number of carbonyl (C=O) groups excluding carboxylic acids is 1. The van der Waals surface area contributed by atoms with E-state index >= 15 is 0 Å². The molecule has 0 aromatic heterocycles. The van der Waals surface area contributed by atoms with Crippen LogP contribution in [-0.4, -0.2) is 34.4 Å². The Bertz CT molecular complexity index is 1390. The Morgan fingerprint density at radius 3 is 1.66 bits per heavy atom. The highest BCUT2D eigenvalue weighted by molar-refractivity contribution is 7.96. The maximum Gasteiger partial charge on any atom is 0.340 e. The maximum atomic E-state index is 14.3. The predicted octanol–water partition coefficient (Wildman–Crippen LogP) is 4.69. The fourth-order valence-electron chi connectivity index (χ4n) is 5.30. The van der Waals surface area contributed by atoms with Crippen LogP contribution in [0.15, 0.2) is 126 Å². The third-order valence-electron chi connectivity index (χ3n) is 6.74. The minimum absolute atomic E-state index is 0.171. The van der Waals surface area contributed by atoms with Crippen molar-refractivity contribution < 1.29 is 14.6 Å². The molecule has 1 N–H and O–H groups in total. The van der Waals surface area contributed by atoms with Crippen molar-refractivity contribution in [3.63, 3.8) is 0 Å². The van der Waals surface area contributed by atoms with Crippen molar-refractivity contribution in [3.05, 3.63) is 121 Å². The number of esters is 1. The number of anilines is 1. The number of hydrazone groups is 1. The third-order valence-corrected chi connectivity index (χ3v) is 11.2. The number of ether oxygens (including phenoxy) is 1. The van der Waals surface area contributed by atoms with Gasteiger partial charge in [0.1, 0.15) is 5.29 Å². The largest absolute Gasteiger partial charge is 0.462 e. The summed E-state index contributed by atoms with van der Waals surface area (Å²) >= 11 is 0. The van der Waals surface area contributed by atoms with Crippen LogP contribution in [0.25, 0.3) is 0 Å². The summed E-state index contributed by atoms with van der Waals surface area (Å²) in [5.41, 5.74) is -0.334. The summed E-state index contributed by atoms with van der Waals surface area (Å²) in [6, 6.07) is 39.6. The van der Waals surface area contributed by atoms with Gasteiger partial charge in [-0.15, -0.1) is 0 Å². The van der Waals surface area contributed by atoms with E-state index in [0.29, 0.717) is 11.0 Å². The van der Waals surface area contributed by atoms with Gasteiger partial charge in [0.05, 0.1) is 12.3 Å². The van der Waals surface area contributed by atoms with Gasteiger partial charge in [-0.25, -0.2) is 9.80 Å². The van der Waals surface area contributed by atoms with Crippen LogP contribution in [0.3, 0.4) is 0 Å². The summed E-state index contributed by atoms with van der Waals surface area (Å²) < 4.78 is 5.79. The van der Waals surface area contributed by atoms with Gasteiger partial charge >= 0.3 is 5.97 Å². The van der Waals surface area contributed by atoms with Crippen LogP contribution in [0.1, 0.15) is 20.3 Å². The van der Waals surface area contributed by atoms with Crippen molar-refractivity contribution in [1.29, 1.82) is 0 Å². The van der Waals surface area contributed by atoms with E-state index in [9.17, 15) is 9.90 Å². The van der Waals surface area contributed by atoms with Crippen LogP contribution in [0.5, 0.6) is 0 Å². The zero-order valence-electron chi connectivity index (χ0n) is 21.6. The second kappa shape index (κ2) is 10.8. The van der Waals surface area contributed by atoms with Gasteiger partial charge in [-0.05, 0) is 48.8 Å². The standard InChI is InChI=1S/C32H31N2O3P/c1-3-37-31(35)30(32(36)24-25(2)33-34(32)26-16-8-4-9-17-26)38(27-18-10-5-11-19-27,28-20-12-6-13-21-28)29-22-14-7-15-23-29/h4-23,36H,3,24H2,1-2H3. The van der Waals surface area contributed by atoms with E-state index in [1.165, 1.54) is 0 Å². The Morgan fingerprint density at radius 1 is 0.816 bits per heavy atom. The van der Waals surface area contributed by atoms with Crippen molar-refractivity contribution in [2.75, 3.05) is 11.6 Å². The molecule has 0 amide bonds. The number of aliphatic hydroxyl groups is 1. The monoisotopic (exact) mass is 522 g/mol.